The van der Waals surface area contributed by atoms with Crippen molar-refractivity contribution in [3.8, 4) is 0 Å². The molecule has 17 heavy (non-hydrogen) atoms. The molecular formula is C13H10N2OS. The Labute approximate surface area is 102 Å². The predicted octanol–water partition coefficient (Wildman–Crippen LogP) is 2.77. The van der Waals surface area contributed by atoms with E-state index in [0.29, 0.717) is 0 Å². The highest BCUT2D eigenvalue weighted by atomic mass is 32.1. The van der Waals surface area contributed by atoms with Crippen molar-refractivity contribution in [1.29, 1.82) is 0 Å². The SMILES string of the molecule is OC(c1cncnc1)c1cc2ccccc2s1. The first-order chi connectivity index (χ1) is 8.34. The van der Waals surface area contributed by atoms with E-state index < -0.39 is 6.10 Å². The minimum absolute atomic E-state index is 0.645. The van der Waals surface area contributed by atoms with E-state index in [1.165, 1.54) is 11.0 Å². The van der Waals surface area contributed by atoms with Gasteiger partial charge in [0.2, 0.25) is 0 Å². The number of hydrogen-bond donors (Lipinski definition) is 1. The second-order valence-electron chi connectivity index (χ2n) is 3.76. The van der Waals surface area contributed by atoms with Crippen molar-refractivity contribution in [2.45, 2.75) is 6.10 Å². The van der Waals surface area contributed by atoms with Gasteiger partial charge < -0.3 is 5.11 Å². The van der Waals surface area contributed by atoms with Crippen LogP contribution in [0.1, 0.15) is 16.5 Å². The summed E-state index contributed by atoms with van der Waals surface area (Å²) in [4.78, 5) is 8.75. The van der Waals surface area contributed by atoms with Crippen LogP contribution in [0.4, 0.5) is 0 Å². The number of nitrogens with zero attached hydrogens (tertiary/aromatic N) is 2. The van der Waals surface area contributed by atoms with E-state index in [1.807, 2.05) is 24.3 Å². The monoisotopic (exact) mass is 242 g/mol. The Balaban J connectivity index is 2.04. The fraction of sp³-hybridized carbons (Fsp3) is 0.0769. The average Bonchev–Trinajstić information content (AvgIpc) is 2.82. The molecular weight excluding hydrogens is 232 g/mol. The van der Waals surface area contributed by atoms with Crippen LogP contribution in [-0.2, 0) is 0 Å². The molecule has 0 fully saturated rings. The highest BCUT2D eigenvalue weighted by Crippen LogP contribution is 2.32. The van der Waals surface area contributed by atoms with Gasteiger partial charge in [-0.2, -0.15) is 0 Å². The van der Waals surface area contributed by atoms with Gasteiger partial charge in [-0.1, -0.05) is 18.2 Å². The topological polar surface area (TPSA) is 46.0 Å². The maximum atomic E-state index is 10.2. The van der Waals surface area contributed by atoms with Crippen molar-refractivity contribution in [3.05, 3.63) is 59.5 Å². The van der Waals surface area contributed by atoms with E-state index >= 15 is 0 Å². The van der Waals surface area contributed by atoms with Gasteiger partial charge >= 0.3 is 0 Å². The van der Waals surface area contributed by atoms with Gasteiger partial charge in [0.05, 0.1) is 0 Å². The van der Waals surface area contributed by atoms with Crippen LogP contribution >= 0.6 is 11.3 Å². The summed E-state index contributed by atoms with van der Waals surface area (Å²) < 4.78 is 1.18. The lowest BCUT2D eigenvalue weighted by atomic mass is 10.1. The number of aliphatic hydroxyl groups is 1. The summed E-state index contributed by atoms with van der Waals surface area (Å²) in [5.74, 6) is 0. The van der Waals surface area contributed by atoms with E-state index in [9.17, 15) is 5.11 Å². The number of aliphatic hydroxyl groups excluding tert-OH is 1. The van der Waals surface area contributed by atoms with Gasteiger partial charge in [-0.25, -0.2) is 9.97 Å². The zero-order chi connectivity index (χ0) is 11.7. The lowest BCUT2D eigenvalue weighted by molar-refractivity contribution is 0.223. The fourth-order valence-electron chi connectivity index (χ4n) is 1.75. The molecule has 3 aromatic rings. The number of thiophene rings is 1. The molecule has 0 saturated heterocycles. The first kappa shape index (κ1) is 10.4. The Morgan fingerprint density at radius 3 is 2.65 bits per heavy atom. The van der Waals surface area contributed by atoms with Crippen LogP contribution in [0.5, 0.6) is 0 Å². The van der Waals surface area contributed by atoms with Crippen molar-refractivity contribution in [1.82, 2.24) is 9.97 Å². The van der Waals surface area contributed by atoms with Crippen LogP contribution in [-0.4, -0.2) is 15.1 Å². The molecule has 0 amide bonds. The normalized spacial score (nSPS) is 12.8. The summed E-state index contributed by atoms with van der Waals surface area (Å²) in [5, 5.41) is 11.4. The Hall–Kier alpha value is -1.78. The smallest absolute Gasteiger partial charge is 0.116 e. The van der Waals surface area contributed by atoms with Gasteiger partial charge in [-0.15, -0.1) is 11.3 Å². The molecule has 2 aromatic heterocycles. The maximum absolute atomic E-state index is 10.2. The van der Waals surface area contributed by atoms with Crippen LogP contribution < -0.4 is 0 Å². The standard InChI is InChI=1S/C13H10N2OS/c16-13(10-6-14-8-15-7-10)12-5-9-3-1-2-4-11(9)17-12/h1-8,13,16H. The third-order valence-corrected chi connectivity index (χ3v) is 3.78. The van der Waals surface area contributed by atoms with Crippen molar-refractivity contribution in [3.63, 3.8) is 0 Å². The Morgan fingerprint density at radius 1 is 1.12 bits per heavy atom. The van der Waals surface area contributed by atoms with E-state index in [0.717, 1.165) is 15.8 Å². The minimum atomic E-state index is -0.645. The molecule has 0 aliphatic rings. The molecule has 0 spiro atoms. The van der Waals surface area contributed by atoms with Gasteiger partial charge in [0.1, 0.15) is 12.4 Å². The van der Waals surface area contributed by atoms with Gasteiger partial charge in [0.15, 0.2) is 0 Å². The molecule has 84 valence electrons. The quantitative estimate of drug-likeness (QED) is 0.751. The van der Waals surface area contributed by atoms with Crippen molar-refractivity contribution < 1.29 is 5.11 Å². The lowest BCUT2D eigenvalue weighted by Crippen LogP contribution is -1.97. The van der Waals surface area contributed by atoms with Gasteiger partial charge in [0, 0.05) is 27.5 Å². The minimum Gasteiger partial charge on any atom is -0.383 e. The van der Waals surface area contributed by atoms with Crippen molar-refractivity contribution in [2.24, 2.45) is 0 Å². The zero-order valence-electron chi connectivity index (χ0n) is 8.95. The molecule has 1 atom stereocenters. The summed E-state index contributed by atoms with van der Waals surface area (Å²) in [6.45, 7) is 0. The predicted molar refractivity (Wildman–Crippen MR) is 67.9 cm³/mol. The molecule has 1 N–H and O–H groups in total. The summed E-state index contributed by atoms with van der Waals surface area (Å²) in [7, 11) is 0. The lowest BCUT2D eigenvalue weighted by Gasteiger charge is -2.06. The molecule has 3 nitrogen and oxygen atoms in total. The summed E-state index contributed by atoms with van der Waals surface area (Å²) in [5.41, 5.74) is 0.721. The number of fused-ring (bicyclic) bond motifs is 1. The number of rotatable bonds is 2. The molecule has 1 aromatic carbocycles. The largest absolute Gasteiger partial charge is 0.383 e. The first-order valence-electron chi connectivity index (χ1n) is 5.26. The molecule has 4 heteroatoms. The Morgan fingerprint density at radius 2 is 1.88 bits per heavy atom. The van der Waals surface area contributed by atoms with Crippen molar-refractivity contribution in [2.75, 3.05) is 0 Å². The molecule has 0 radical (unpaired) electrons. The molecule has 3 rings (SSSR count). The third kappa shape index (κ3) is 1.92. The van der Waals surface area contributed by atoms with E-state index in [1.54, 1.807) is 23.7 Å². The molecule has 0 saturated carbocycles. The summed E-state index contributed by atoms with van der Waals surface area (Å²) >= 11 is 1.59. The Kier molecular flexibility index (Phi) is 2.59. The number of hydrogen-bond acceptors (Lipinski definition) is 4. The maximum Gasteiger partial charge on any atom is 0.116 e. The van der Waals surface area contributed by atoms with Crippen LogP contribution in [0.2, 0.25) is 0 Å². The molecule has 0 bridgehead atoms. The number of benzene rings is 1. The van der Waals surface area contributed by atoms with Crippen LogP contribution in [0, 0.1) is 0 Å². The van der Waals surface area contributed by atoms with Gasteiger partial charge in [0.25, 0.3) is 0 Å². The molecule has 0 aliphatic carbocycles. The molecule has 0 aliphatic heterocycles. The molecule has 1 unspecified atom stereocenters. The second kappa shape index (κ2) is 4.24. The van der Waals surface area contributed by atoms with Crippen LogP contribution in [0.3, 0.4) is 0 Å². The van der Waals surface area contributed by atoms with Gasteiger partial charge in [-0.3, -0.25) is 0 Å². The van der Waals surface area contributed by atoms with Gasteiger partial charge in [-0.05, 0) is 17.5 Å². The van der Waals surface area contributed by atoms with E-state index in [2.05, 4.69) is 16.0 Å². The average molecular weight is 242 g/mol. The summed E-state index contributed by atoms with van der Waals surface area (Å²) in [6, 6.07) is 10.1. The van der Waals surface area contributed by atoms with Crippen molar-refractivity contribution >= 4 is 21.4 Å². The van der Waals surface area contributed by atoms with Crippen LogP contribution in [0.25, 0.3) is 10.1 Å². The summed E-state index contributed by atoms with van der Waals surface area (Å²) in [6.07, 6.45) is 4.10. The van der Waals surface area contributed by atoms with E-state index in [-0.39, 0.29) is 0 Å². The van der Waals surface area contributed by atoms with E-state index in [4.69, 9.17) is 0 Å². The third-order valence-electron chi connectivity index (χ3n) is 2.61. The molecule has 2 heterocycles. The highest BCUT2D eigenvalue weighted by molar-refractivity contribution is 7.19. The zero-order valence-corrected chi connectivity index (χ0v) is 9.76. The van der Waals surface area contributed by atoms with Crippen LogP contribution in [0.15, 0.2) is 49.1 Å². The number of aromatic nitrogens is 2. The Bertz CT molecular complexity index is 603. The second-order valence-corrected chi connectivity index (χ2v) is 4.88. The fourth-order valence-corrected chi connectivity index (χ4v) is 2.83. The highest BCUT2D eigenvalue weighted by Gasteiger charge is 2.13. The first-order valence-corrected chi connectivity index (χ1v) is 6.08.